The van der Waals surface area contributed by atoms with Crippen molar-refractivity contribution in [3.05, 3.63) is 36.0 Å². The van der Waals surface area contributed by atoms with Crippen LogP contribution in [-0.4, -0.2) is 40.6 Å². The average Bonchev–Trinajstić information content (AvgIpc) is 2.62. The number of anilines is 1. The van der Waals surface area contributed by atoms with Gasteiger partial charge in [-0.15, -0.1) is 0 Å². The first-order chi connectivity index (χ1) is 11.8. The van der Waals surface area contributed by atoms with E-state index in [9.17, 15) is 0 Å². The summed E-state index contributed by atoms with van der Waals surface area (Å²) in [5, 5.41) is 11.9. The van der Waals surface area contributed by atoms with Gasteiger partial charge in [0.05, 0.1) is 0 Å². The van der Waals surface area contributed by atoms with E-state index < -0.39 is 0 Å². The molecule has 1 saturated carbocycles. The summed E-state index contributed by atoms with van der Waals surface area (Å²) in [5.41, 5.74) is 1.94. The Morgan fingerprint density at radius 2 is 1.96 bits per heavy atom. The Labute approximate surface area is 146 Å². The molecule has 2 aromatic rings. The number of aromatic nitrogens is 3. The number of nitrogens with one attached hydrogen (secondary N) is 1. The number of halogens is 1. The Morgan fingerprint density at radius 3 is 2.67 bits per heavy atom. The molecule has 2 heterocycles. The van der Waals surface area contributed by atoms with Gasteiger partial charge in [-0.1, -0.05) is 0 Å². The van der Waals surface area contributed by atoms with Crippen molar-refractivity contribution in [1.29, 1.82) is 0 Å². The van der Waals surface area contributed by atoms with E-state index >= 15 is 0 Å². The molecule has 122 valence electrons. The van der Waals surface area contributed by atoms with Crippen molar-refractivity contribution in [2.24, 2.45) is 10.1 Å². The summed E-state index contributed by atoms with van der Waals surface area (Å²) in [7, 11) is 1.48. The van der Waals surface area contributed by atoms with E-state index in [4.69, 9.17) is 11.6 Å². The van der Waals surface area contributed by atoms with Crippen molar-refractivity contribution in [2.45, 2.75) is 37.8 Å². The van der Waals surface area contributed by atoms with Gasteiger partial charge in [-0.2, -0.15) is 0 Å². The van der Waals surface area contributed by atoms with Gasteiger partial charge >= 0.3 is 141 Å². The average molecular weight is 341 g/mol. The van der Waals surface area contributed by atoms with Crippen LogP contribution in [0.4, 0.5) is 5.82 Å². The molecule has 0 aromatic carbocycles. The number of nitrogens with zero attached hydrogens (tertiary/aromatic N) is 5. The van der Waals surface area contributed by atoms with Gasteiger partial charge in [0.25, 0.3) is 0 Å². The number of hydrogen-bond donors (Lipinski definition) is 1. The third-order valence-electron chi connectivity index (χ3n) is 4.10. The maximum absolute atomic E-state index is 5.99. The predicted octanol–water partition coefficient (Wildman–Crippen LogP) is 3.42. The van der Waals surface area contributed by atoms with Gasteiger partial charge in [-0.05, 0) is 0 Å². The fourth-order valence-corrected chi connectivity index (χ4v) is 3.02. The molecule has 1 fully saturated rings. The Morgan fingerprint density at radius 1 is 1.21 bits per heavy atom. The zero-order chi connectivity index (χ0) is 16.8. The van der Waals surface area contributed by atoms with Gasteiger partial charge in [0, 0.05) is 0 Å². The molecule has 0 unspecified atom stereocenters. The molecule has 1 N–H and O–H groups in total. The van der Waals surface area contributed by atoms with E-state index in [1.54, 1.807) is 18.6 Å². The molecule has 0 bridgehead atoms. The molecule has 0 amide bonds. The summed E-state index contributed by atoms with van der Waals surface area (Å²) >= 11 is 5.99. The molecule has 0 spiro atoms. The zero-order valence-electron chi connectivity index (χ0n) is 13.3. The number of rotatable bonds is 5. The monoisotopic (exact) mass is 340 g/mol. The van der Waals surface area contributed by atoms with Crippen LogP contribution >= 0.6 is 11.6 Å². The van der Waals surface area contributed by atoms with Crippen molar-refractivity contribution in [3.8, 4) is 11.1 Å². The molecule has 8 heteroatoms. The van der Waals surface area contributed by atoms with Crippen molar-refractivity contribution in [1.82, 2.24) is 15.0 Å². The first kappa shape index (κ1) is 16.7. The second-order valence-electron chi connectivity index (χ2n) is 5.70. The van der Waals surface area contributed by atoms with Crippen LogP contribution in [0, 0.1) is 0 Å². The van der Waals surface area contributed by atoms with Crippen molar-refractivity contribution >= 4 is 30.9 Å². The third kappa shape index (κ3) is 4.23. The predicted molar refractivity (Wildman–Crippen MR) is 97.7 cm³/mol. The number of hydrogen-bond acceptors (Lipinski definition) is 6. The molecule has 1 aliphatic rings. The SMILES string of the molecule is C=BN=N[C@H]1CC[C@@H](Nc2nc(Cl)ncc2-c2ccncc2)CC1. The third-order valence-corrected chi connectivity index (χ3v) is 4.28. The molecule has 2 aromatic heterocycles. The van der Waals surface area contributed by atoms with Gasteiger partial charge in [0.1, 0.15) is 0 Å². The Hall–Kier alpha value is -2.15. The van der Waals surface area contributed by atoms with Gasteiger partial charge in [-0.25, -0.2) is 0 Å². The van der Waals surface area contributed by atoms with E-state index in [-0.39, 0.29) is 11.3 Å². The summed E-state index contributed by atoms with van der Waals surface area (Å²) in [6.45, 7) is 3.56. The second kappa shape index (κ2) is 8.10. The van der Waals surface area contributed by atoms with Crippen LogP contribution in [0.25, 0.3) is 11.1 Å². The van der Waals surface area contributed by atoms with Crippen LogP contribution in [0.5, 0.6) is 0 Å². The fraction of sp³-hybridized carbons (Fsp3) is 0.375. The zero-order valence-corrected chi connectivity index (χ0v) is 14.0. The summed E-state index contributed by atoms with van der Waals surface area (Å²) in [5.74, 6) is 0.761. The minimum atomic E-state index is 0.240. The van der Waals surface area contributed by atoms with Crippen LogP contribution in [0.2, 0.25) is 5.28 Å². The summed E-state index contributed by atoms with van der Waals surface area (Å²) in [4.78, 5) is 12.5. The van der Waals surface area contributed by atoms with Crippen molar-refractivity contribution < 1.29 is 0 Å². The van der Waals surface area contributed by atoms with Crippen molar-refractivity contribution in [2.75, 3.05) is 5.32 Å². The standard InChI is InChI=1S/C16H18BClN6/c1-17-24-23-13-4-2-12(3-5-13)21-15-14(10-20-16(18)22-15)11-6-8-19-9-7-11/h6-10,12-13H,1-5H2,(H,20,21,22)/t12-,13+. The van der Waals surface area contributed by atoms with Crippen LogP contribution in [0.1, 0.15) is 25.7 Å². The Balaban J connectivity index is 1.73. The molecule has 6 nitrogen and oxygen atoms in total. The maximum atomic E-state index is 5.99. The molecule has 1 aliphatic carbocycles. The van der Waals surface area contributed by atoms with E-state index in [2.05, 4.69) is 36.9 Å². The van der Waals surface area contributed by atoms with Gasteiger partial charge in [-0.3, -0.25) is 4.98 Å². The molecule has 0 saturated heterocycles. The topological polar surface area (TPSA) is 75.4 Å². The van der Waals surface area contributed by atoms with Crippen molar-refractivity contribution in [3.63, 3.8) is 0 Å². The summed E-state index contributed by atoms with van der Waals surface area (Å²) in [6, 6.07) is 4.50. The van der Waals surface area contributed by atoms with Gasteiger partial charge < -0.3 is 0 Å². The fourth-order valence-electron chi connectivity index (χ4n) is 2.88. The quantitative estimate of drug-likeness (QED) is 0.514. The summed E-state index contributed by atoms with van der Waals surface area (Å²) < 4.78 is 0. The van der Waals surface area contributed by atoms with Crippen LogP contribution in [-0.2, 0) is 0 Å². The molecule has 0 radical (unpaired) electrons. The van der Waals surface area contributed by atoms with Crippen LogP contribution in [0.3, 0.4) is 0 Å². The molecule has 0 atom stereocenters. The Kier molecular flexibility index (Phi) is 5.64. The molecule has 24 heavy (non-hydrogen) atoms. The molecular formula is C16H18BClN6. The second-order valence-corrected chi connectivity index (χ2v) is 6.04. The molecule has 3 rings (SSSR count). The molecule has 0 aliphatic heterocycles. The number of pyridine rings is 1. The first-order valence-corrected chi connectivity index (χ1v) is 8.34. The Bertz CT molecular complexity index is 716. The van der Waals surface area contributed by atoms with E-state index in [0.29, 0.717) is 6.04 Å². The molecular weight excluding hydrogens is 322 g/mol. The first-order valence-electron chi connectivity index (χ1n) is 7.96. The normalized spacial score (nSPS) is 20.7. The van der Waals surface area contributed by atoms with Crippen LogP contribution < -0.4 is 5.32 Å². The summed E-state index contributed by atoms with van der Waals surface area (Å²) in [6.07, 6.45) is 9.28. The van der Waals surface area contributed by atoms with E-state index in [0.717, 1.165) is 42.6 Å². The minimum absolute atomic E-state index is 0.240. The van der Waals surface area contributed by atoms with Gasteiger partial charge in [0.15, 0.2) is 0 Å². The van der Waals surface area contributed by atoms with E-state index in [1.807, 2.05) is 12.1 Å². The van der Waals surface area contributed by atoms with Gasteiger partial charge in [0.2, 0.25) is 0 Å². The van der Waals surface area contributed by atoms with Crippen LogP contribution in [0.15, 0.2) is 40.9 Å². The van der Waals surface area contributed by atoms with E-state index in [1.165, 1.54) is 7.06 Å².